The Balaban J connectivity index is 1.92. The van der Waals surface area contributed by atoms with E-state index in [4.69, 9.17) is 13.9 Å². The fourth-order valence-corrected chi connectivity index (χ4v) is 3.57. The third-order valence-electron chi connectivity index (χ3n) is 5.16. The standard InChI is InChI=1S/C21H20O12/c22-6-13-15(27)17(29)18(30)21(32-13)33-20-16(28)14-11(26)4-10(25)5-12(14)31-19(20)7-1-8(23)3-9(24)2-7/h1-5,13,15,17-18,21-27,29-30H,6H2. The molecular formula is C21H20O12. The highest BCUT2D eigenvalue weighted by molar-refractivity contribution is 5.88. The quantitative estimate of drug-likeness (QED) is 0.245. The third-order valence-corrected chi connectivity index (χ3v) is 5.16. The van der Waals surface area contributed by atoms with Crippen LogP contribution in [0.1, 0.15) is 0 Å². The van der Waals surface area contributed by atoms with E-state index in [0.29, 0.717) is 0 Å². The van der Waals surface area contributed by atoms with Crippen LogP contribution in [-0.4, -0.2) is 78.2 Å². The van der Waals surface area contributed by atoms with Gasteiger partial charge >= 0.3 is 0 Å². The van der Waals surface area contributed by atoms with Crippen molar-refractivity contribution in [3.8, 4) is 40.1 Å². The van der Waals surface area contributed by atoms with Crippen LogP contribution in [0, 0.1) is 0 Å². The highest BCUT2D eigenvalue weighted by Gasteiger charge is 2.45. The SMILES string of the molecule is O=c1c(OC2OC(CO)C(O)C(O)C2O)c(-c2cc(O)cc(O)c2)oc2cc(O)cc(O)c12. The van der Waals surface area contributed by atoms with E-state index in [-0.39, 0.29) is 16.9 Å². The molecule has 1 saturated heterocycles. The molecule has 1 aliphatic rings. The molecule has 1 fully saturated rings. The molecule has 0 amide bonds. The minimum absolute atomic E-state index is 0.0612. The summed E-state index contributed by atoms with van der Waals surface area (Å²) in [5, 5.41) is 78.9. The number of aliphatic hydroxyl groups excluding tert-OH is 4. The lowest BCUT2D eigenvalue weighted by atomic mass is 9.99. The Labute approximate surface area is 184 Å². The highest BCUT2D eigenvalue weighted by Crippen LogP contribution is 2.39. The maximum Gasteiger partial charge on any atom is 0.239 e. The molecule has 2 aromatic carbocycles. The molecule has 33 heavy (non-hydrogen) atoms. The Bertz CT molecular complexity index is 1230. The second-order valence-electron chi connectivity index (χ2n) is 7.48. The summed E-state index contributed by atoms with van der Waals surface area (Å²) < 4.78 is 16.4. The van der Waals surface area contributed by atoms with Crippen LogP contribution >= 0.6 is 0 Å². The van der Waals surface area contributed by atoms with Crippen molar-refractivity contribution >= 4 is 11.0 Å². The molecule has 12 heteroatoms. The number of benzene rings is 2. The van der Waals surface area contributed by atoms with E-state index in [9.17, 15) is 45.6 Å². The molecule has 5 unspecified atom stereocenters. The zero-order valence-electron chi connectivity index (χ0n) is 16.7. The average molecular weight is 464 g/mol. The zero-order chi connectivity index (χ0) is 24.0. The second kappa shape index (κ2) is 8.42. The molecule has 8 N–H and O–H groups in total. The van der Waals surface area contributed by atoms with Crippen LogP contribution in [-0.2, 0) is 4.74 Å². The van der Waals surface area contributed by atoms with Crippen molar-refractivity contribution in [2.24, 2.45) is 0 Å². The van der Waals surface area contributed by atoms with E-state index in [1.807, 2.05) is 0 Å². The van der Waals surface area contributed by atoms with Crippen LogP contribution in [0.25, 0.3) is 22.3 Å². The van der Waals surface area contributed by atoms with Crippen LogP contribution in [0.2, 0.25) is 0 Å². The average Bonchev–Trinajstić information content (AvgIpc) is 2.74. The Morgan fingerprint density at radius 3 is 2.12 bits per heavy atom. The Hall–Kier alpha value is -3.55. The Morgan fingerprint density at radius 2 is 1.48 bits per heavy atom. The van der Waals surface area contributed by atoms with E-state index in [1.54, 1.807) is 0 Å². The molecular weight excluding hydrogens is 444 g/mol. The molecule has 176 valence electrons. The highest BCUT2D eigenvalue weighted by atomic mass is 16.7. The van der Waals surface area contributed by atoms with Gasteiger partial charge in [-0.05, 0) is 12.1 Å². The first-order chi connectivity index (χ1) is 15.6. The van der Waals surface area contributed by atoms with Gasteiger partial charge in [-0.2, -0.15) is 0 Å². The first-order valence-corrected chi connectivity index (χ1v) is 9.64. The molecule has 5 atom stereocenters. The Morgan fingerprint density at radius 1 is 0.848 bits per heavy atom. The van der Waals surface area contributed by atoms with E-state index in [0.717, 1.165) is 30.3 Å². The predicted octanol–water partition coefficient (Wildman–Crippen LogP) is -0.539. The number of ether oxygens (including phenoxy) is 2. The van der Waals surface area contributed by atoms with Gasteiger partial charge in [0.15, 0.2) is 5.76 Å². The van der Waals surface area contributed by atoms with Gasteiger partial charge in [0.25, 0.3) is 0 Å². The molecule has 0 radical (unpaired) electrons. The number of rotatable bonds is 4. The Kier molecular flexibility index (Phi) is 5.78. The smallest absolute Gasteiger partial charge is 0.239 e. The number of hydrogen-bond donors (Lipinski definition) is 8. The van der Waals surface area contributed by atoms with Crippen molar-refractivity contribution in [3.05, 3.63) is 40.6 Å². The van der Waals surface area contributed by atoms with Crippen molar-refractivity contribution in [1.29, 1.82) is 0 Å². The van der Waals surface area contributed by atoms with Gasteiger partial charge in [0.2, 0.25) is 17.5 Å². The third kappa shape index (κ3) is 4.01. The normalized spacial score (nSPS) is 25.3. The van der Waals surface area contributed by atoms with Gasteiger partial charge in [-0.1, -0.05) is 0 Å². The first-order valence-electron chi connectivity index (χ1n) is 9.64. The fourth-order valence-electron chi connectivity index (χ4n) is 3.57. The number of phenolic OH excluding ortho intramolecular Hbond substituents is 4. The summed E-state index contributed by atoms with van der Waals surface area (Å²) in [6.07, 6.45) is -8.44. The maximum absolute atomic E-state index is 13.3. The van der Waals surface area contributed by atoms with Crippen LogP contribution in [0.5, 0.6) is 28.7 Å². The molecule has 1 aromatic heterocycles. The van der Waals surface area contributed by atoms with Gasteiger partial charge in [-0.15, -0.1) is 0 Å². The molecule has 0 saturated carbocycles. The van der Waals surface area contributed by atoms with Crippen molar-refractivity contribution in [1.82, 2.24) is 0 Å². The molecule has 12 nitrogen and oxygen atoms in total. The van der Waals surface area contributed by atoms with Gasteiger partial charge in [-0.25, -0.2) is 0 Å². The van der Waals surface area contributed by atoms with E-state index >= 15 is 0 Å². The summed E-state index contributed by atoms with van der Waals surface area (Å²) >= 11 is 0. The molecule has 0 aliphatic carbocycles. The monoisotopic (exact) mass is 464 g/mol. The number of fused-ring (bicyclic) bond motifs is 1. The molecule has 3 aromatic rings. The van der Waals surface area contributed by atoms with E-state index in [2.05, 4.69) is 0 Å². The number of phenols is 4. The van der Waals surface area contributed by atoms with Crippen molar-refractivity contribution in [3.63, 3.8) is 0 Å². The molecule has 2 heterocycles. The summed E-state index contributed by atoms with van der Waals surface area (Å²) in [5.74, 6) is -2.91. The summed E-state index contributed by atoms with van der Waals surface area (Å²) in [4.78, 5) is 13.3. The van der Waals surface area contributed by atoms with Gasteiger partial charge in [-0.3, -0.25) is 4.79 Å². The second-order valence-corrected chi connectivity index (χ2v) is 7.48. The predicted molar refractivity (Wildman–Crippen MR) is 109 cm³/mol. The number of aromatic hydroxyl groups is 4. The molecule has 0 bridgehead atoms. The van der Waals surface area contributed by atoms with Crippen LogP contribution in [0.3, 0.4) is 0 Å². The zero-order valence-corrected chi connectivity index (χ0v) is 16.7. The summed E-state index contributed by atoms with van der Waals surface area (Å²) in [6, 6.07) is 5.18. The lowest BCUT2D eigenvalue weighted by Crippen LogP contribution is -2.60. The fraction of sp³-hybridized carbons (Fsp3) is 0.286. The summed E-state index contributed by atoms with van der Waals surface area (Å²) in [6.45, 7) is -0.746. The topological polar surface area (TPSA) is 211 Å². The van der Waals surface area contributed by atoms with Crippen LogP contribution < -0.4 is 10.2 Å². The van der Waals surface area contributed by atoms with Crippen molar-refractivity contribution in [2.45, 2.75) is 30.7 Å². The molecule has 1 aliphatic heterocycles. The lowest BCUT2D eigenvalue weighted by molar-refractivity contribution is -0.277. The summed E-state index contributed by atoms with van der Waals surface area (Å²) in [5.41, 5.74) is -1.31. The van der Waals surface area contributed by atoms with Gasteiger partial charge < -0.3 is 54.7 Å². The first kappa shape index (κ1) is 22.6. The maximum atomic E-state index is 13.3. The van der Waals surface area contributed by atoms with Gasteiger partial charge in [0, 0.05) is 23.8 Å². The largest absolute Gasteiger partial charge is 0.508 e. The van der Waals surface area contributed by atoms with E-state index in [1.165, 1.54) is 0 Å². The van der Waals surface area contributed by atoms with Crippen LogP contribution in [0.4, 0.5) is 0 Å². The minimum atomic E-state index is -1.86. The van der Waals surface area contributed by atoms with Gasteiger partial charge in [0.1, 0.15) is 58.4 Å². The molecule has 4 rings (SSSR count). The number of aliphatic hydroxyl groups is 4. The summed E-state index contributed by atoms with van der Waals surface area (Å²) in [7, 11) is 0. The van der Waals surface area contributed by atoms with Crippen LogP contribution in [0.15, 0.2) is 39.5 Å². The van der Waals surface area contributed by atoms with Crippen molar-refractivity contribution < 1.29 is 54.7 Å². The number of hydrogen-bond acceptors (Lipinski definition) is 12. The minimum Gasteiger partial charge on any atom is -0.508 e. The molecule has 0 spiro atoms. The lowest BCUT2D eigenvalue weighted by Gasteiger charge is -2.39. The van der Waals surface area contributed by atoms with Gasteiger partial charge in [0.05, 0.1) is 6.61 Å². The van der Waals surface area contributed by atoms with E-state index < -0.39 is 76.9 Å². The van der Waals surface area contributed by atoms with Crippen molar-refractivity contribution in [2.75, 3.05) is 6.61 Å².